The van der Waals surface area contributed by atoms with Gasteiger partial charge in [-0.3, -0.25) is 4.79 Å². The van der Waals surface area contributed by atoms with Crippen molar-refractivity contribution in [2.24, 2.45) is 0 Å². The summed E-state index contributed by atoms with van der Waals surface area (Å²) in [7, 11) is 0. The van der Waals surface area contributed by atoms with Crippen molar-refractivity contribution in [3.8, 4) is 28.4 Å². The molecule has 0 amide bonds. The third kappa shape index (κ3) is 9.15. The molecule has 3 aromatic carbocycles. The molecule has 0 heterocycles. The maximum atomic E-state index is 12.9. The Kier molecular flexibility index (Phi) is 11.9. The second-order valence-electron chi connectivity index (χ2n) is 10.5. The second-order valence-corrected chi connectivity index (χ2v) is 10.5. The lowest BCUT2D eigenvalue weighted by Crippen LogP contribution is -2.29. The van der Waals surface area contributed by atoms with Crippen LogP contribution in [0.15, 0.2) is 86.0 Å². The Morgan fingerprint density at radius 2 is 1.35 bits per heavy atom. The minimum Gasteiger partial charge on any atom is -0.494 e. The monoisotopic (exact) mass is 628 g/mol. The number of hydrogen-bond donors (Lipinski definition) is 0. The highest BCUT2D eigenvalue weighted by Gasteiger charge is 2.27. The third-order valence-corrected chi connectivity index (χ3v) is 7.11. The summed E-state index contributed by atoms with van der Waals surface area (Å²) in [6.07, 6.45) is 2.65. The van der Waals surface area contributed by atoms with Gasteiger partial charge in [-0.1, -0.05) is 32.2 Å². The van der Waals surface area contributed by atoms with Gasteiger partial charge in [0.1, 0.15) is 23.9 Å². The lowest BCUT2D eigenvalue weighted by molar-refractivity contribution is -0.156. The molecule has 1 aliphatic rings. The molecule has 3 aromatic rings. The molecule has 2 atom stereocenters. The zero-order valence-corrected chi connectivity index (χ0v) is 25.8. The minimum atomic E-state index is -0.761. The van der Waals surface area contributed by atoms with Crippen molar-refractivity contribution >= 4 is 23.9 Å². The molecule has 0 aromatic heterocycles. The summed E-state index contributed by atoms with van der Waals surface area (Å²) >= 11 is 0. The maximum absolute atomic E-state index is 12.9. The zero-order valence-electron chi connectivity index (χ0n) is 25.8. The lowest BCUT2D eigenvalue weighted by Gasteiger charge is -2.17. The summed E-state index contributed by atoms with van der Waals surface area (Å²) in [4.78, 5) is 47.0. The number of carbonyl (C=O) groups excluding carboxylic acids is 4. The van der Waals surface area contributed by atoms with Gasteiger partial charge in [-0.25, -0.2) is 14.4 Å². The van der Waals surface area contributed by atoms with Crippen LogP contribution in [0.1, 0.15) is 54.1 Å². The first-order valence-corrected chi connectivity index (χ1v) is 14.8. The van der Waals surface area contributed by atoms with E-state index in [0.717, 1.165) is 34.4 Å². The van der Waals surface area contributed by atoms with Crippen molar-refractivity contribution in [3.63, 3.8) is 0 Å². The molecular formula is C36H36O10. The van der Waals surface area contributed by atoms with Crippen molar-refractivity contribution in [1.82, 2.24) is 0 Å². The smallest absolute Gasteiger partial charge is 0.343 e. The predicted octanol–water partition coefficient (Wildman–Crippen LogP) is 5.97. The number of benzene rings is 3. The Morgan fingerprint density at radius 1 is 0.761 bits per heavy atom. The van der Waals surface area contributed by atoms with E-state index in [4.69, 9.17) is 28.4 Å². The molecule has 0 bridgehead atoms. The molecule has 46 heavy (non-hydrogen) atoms. The van der Waals surface area contributed by atoms with Crippen molar-refractivity contribution in [2.75, 3.05) is 26.4 Å². The average molecular weight is 629 g/mol. The van der Waals surface area contributed by atoms with E-state index < -0.39 is 24.0 Å². The van der Waals surface area contributed by atoms with Crippen LogP contribution >= 0.6 is 0 Å². The summed E-state index contributed by atoms with van der Waals surface area (Å²) in [5.41, 5.74) is 4.57. The largest absolute Gasteiger partial charge is 0.494 e. The predicted molar refractivity (Wildman–Crippen MR) is 169 cm³/mol. The van der Waals surface area contributed by atoms with E-state index in [1.54, 1.807) is 36.4 Å². The Morgan fingerprint density at radius 3 is 1.96 bits per heavy atom. The summed E-state index contributed by atoms with van der Waals surface area (Å²) in [5.74, 6) is -0.540. The fourth-order valence-electron chi connectivity index (χ4n) is 4.88. The van der Waals surface area contributed by atoms with Crippen LogP contribution in [-0.2, 0) is 28.6 Å². The van der Waals surface area contributed by atoms with E-state index in [-0.39, 0.29) is 25.1 Å². The van der Waals surface area contributed by atoms with E-state index in [9.17, 15) is 19.2 Å². The van der Waals surface area contributed by atoms with E-state index in [1.165, 1.54) is 6.92 Å². The maximum Gasteiger partial charge on any atom is 0.343 e. The van der Waals surface area contributed by atoms with Crippen LogP contribution in [0.4, 0.5) is 0 Å². The topological polar surface area (TPSA) is 124 Å². The fraction of sp³-hybridized carbons (Fsp3) is 0.278. The summed E-state index contributed by atoms with van der Waals surface area (Å²) in [6.45, 7) is 10.8. The Bertz CT molecular complexity index is 1590. The molecule has 0 spiro atoms. The van der Waals surface area contributed by atoms with Gasteiger partial charge in [0.2, 0.25) is 0 Å². The molecule has 0 radical (unpaired) electrons. The molecule has 4 rings (SSSR count). The van der Waals surface area contributed by atoms with Crippen LogP contribution in [0.3, 0.4) is 0 Å². The SMILES string of the molecule is C=CC(=O)OCC(COCCCCOc1ccc(C(=O)Oc2ccc3c(c2)C(C)c2cc(OC(C)=O)ccc2-3)cc1)OC(=O)C=C. The van der Waals surface area contributed by atoms with Crippen molar-refractivity contribution in [2.45, 2.75) is 38.7 Å². The van der Waals surface area contributed by atoms with Gasteiger partial charge in [0.25, 0.3) is 0 Å². The molecule has 0 N–H and O–H groups in total. The molecule has 0 fully saturated rings. The molecule has 0 saturated heterocycles. The Hall–Kier alpha value is -5.22. The molecule has 1 aliphatic carbocycles. The first kappa shape index (κ1) is 33.7. The van der Waals surface area contributed by atoms with E-state index in [2.05, 4.69) is 20.1 Å². The quantitative estimate of drug-likeness (QED) is 0.0812. The van der Waals surface area contributed by atoms with Crippen molar-refractivity contribution in [3.05, 3.63) is 103 Å². The van der Waals surface area contributed by atoms with Gasteiger partial charge in [-0.15, -0.1) is 0 Å². The van der Waals surface area contributed by atoms with Gasteiger partial charge in [0.15, 0.2) is 6.10 Å². The third-order valence-electron chi connectivity index (χ3n) is 7.11. The number of ether oxygens (including phenoxy) is 6. The standard InChI is InChI=1S/C36H36O10/c1-5-34(38)43-22-29(45-35(39)6-2)21-41-17-7-8-18-42-26-11-9-25(10-12-26)36(40)46-28-14-16-31-30-15-13-27(44-24(4)37)19-32(30)23(3)33(31)20-28/h5-6,9-16,19-20,23,29H,1-2,7-8,17-18,21-22H2,3-4H3. The first-order valence-electron chi connectivity index (χ1n) is 14.8. The number of esters is 4. The van der Waals surface area contributed by atoms with Crippen LogP contribution < -0.4 is 14.2 Å². The molecule has 2 unspecified atom stereocenters. The summed E-state index contributed by atoms with van der Waals surface area (Å²) in [5, 5.41) is 0. The molecule has 0 saturated carbocycles. The number of unbranched alkanes of at least 4 members (excludes halogenated alkanes) is 1. The number of carbonyl (C=O) groups is 4. The van der Waals surface area contributed by atoms with E-state index in [1.807, 2.05) is 24.3 Å². The highest BCUT2D eigenvalue weighted by Crippen LogP contribution is 2.47. The minimum absolute atomic E-state index is 0.0371. The van der Waals surface area contributed by atoms with Crippen LogP contribution in [0, 0.1) is 0 Å². The molecular weight excluding hydrogens is 592 g/mol. The zero-order chi connectivity index (χ0) is 33.1. The molecule has 0 aliphatic heterocycles. The summed E-state index contributed by atoms with van der Waals surface area (Å²) in [6, 6.07) is 17.9. The van der Waals surface area contributed by atoms with Gasteiger partial charge < -0.3 is 28.4 Å². The highest BCUT2D eigenvalue weighted by atomic mass is 16.6. The molecule has 10 heteroatoms. The average Bonchev–Trinajstić information content (AvgIpc) is 3.32. The van der Waals surface area contributed by atoms with Crippen LogP contribution in [0.2, 0.25) is 0 Å². The van der Waals surface area contributed by atoms with Gasteiger partial charge in [0, 0.05) is 31.6 Å². The Balaban J connectivity index is 1.20. The van der Waals surface area contributed by atoms with Gasteiger partial charge in [-0.2, -0.15) is 0 Å². The number of rotatable bonds is 16. The van der Waals surface area contributed by atoms with Crippen LogP contribution in [0.25, 0.3) is 11.1 Å². The Labute approximate surface area is 267 Å². The van der Waals surface area contributed by atoms with Gasteiger partial charge in [-0.05, 0) is 83.6 Å². The normalized spacial score (nSPS) is 13.4. The van der Waals surface area contributed by atoms with Crippen molar-refractivity contribution < 1.29 is 47.6 Å². The second kappa shape index (κ2) is 16.2. The van der Waals surface area contributed by atoms with Gasteiger partial charge in [0.05, 0.1) is 18.8 Å². The lowest BCUT2D eigenvalue weighted by atomic mass is 9.99. The first-order chi connectivity index (χ1) is 22.2. The van der Waals surface area contributed by atoms with E-state index >= 15 is 0 Å². The summed E-state index contributed by atoms with van der Waals surface area (Å²) < 4.78 is 32.3. The van der Waals surface area contributed by atoms with Crippen LogP contribution in [-0.4, -0.2) is 56.4 Å². The van der Waals surface area contributed by atoms with Crippen LogP contribution in [0.5, 0.6) is 17.2 Å². The van der Waals surface area contributed by atoms with E-state index in [0.29, 0.717) is 48.9 Å². The molecule has 240 valence electrons. The highest BCUT2D eigenvalue weighted by molar-refractivity contribution is 5.91. The molecule has 10 nitrogen and oxygen atoms in total. The fourth-order valence-corrected chi connectivity index (χ4v) is 4.88. The van der Waals surface area contributed by atoms with Gasteiger partial charge >= 0.3 is 23.9 Å². The van der Waals surface area contributed by atoms with Crippen molar-refractivity contribution in [1.29, 1.82) is 0 Å². The number of hydrogen-bond acceptors (Lipinski definition) is 10. The number of fused-ring (bicyclic) bond motifs is 3.